The van der Waals surface area contributed by atoms with Gasteiger partial charge in [0, 0.05) is 21.5 Å². The summed E-state index contributed by atoms with van der Waals surface area (Å²) in [5.74, 6) is -0.236. The minimum atomic E-state index is -0.236. The van der Waals surface area contributed by atoms with Crippen LogP contribution in [0.25, 0.3) is 11.8 Å². The third-order valence-corrected chi connectivity index (χ3v) is 6.57. The van der Waals surface area contributed by atoms with E-state index in [0.29, 0.717) is 11.4 Å². The van der Waals surface area contributed by atoms with Gasteiger partial charge in [0.15, 0.2) is 0 Å². The molecule has 0 atom stereocenters. The molecule has 0 radical (unpaired) electrons. The summed E-state index contributed by atoms with van der Waals surface area (Å²) in [6.07, 6.45) is 1.83. The molecule has 1 fully saturated rings. The lowest BCUT2D eigenvalue weighted by molar-refractivity contribution is -0.123. The van der Waals surface area contributed by atoms with Crippen LogP contribution in [-0.4, -0.2) is 20.6 Å². The lowest BCUT2D eigenvalue weighted by Gasteiger charge is -2.12. The summed E-state index contributed by atoms with van der Waals surface area (Å²) < 4.78 is 3.17. The van der Waals surface area contributed by atoms with Crippen LogP contribution in [0.5, 0.6) is 0 Å². The molecule has 152 valence electrons. The lowest BCUT2D eigenvalue weighted by Crippen LogP contribution is -2.27. The summed E-state index contributed by atoms with van der Waals surface area (Å²) in [5.41, 5.74) is 6.15. The first-order valence-electron chi connectivity index (χ1n) is 9.59. The molecule has 0 spiro atoms. The molecule has 2 amide bonds. The molecule has 1 saturated heterocycles. The molecule has 1 aliphatic rings. The van der Waals surface area contributed by atoms with Crippen LogP contribution in [0.1, 0.15) is 28.1 Å². The van der Waals surface area contributed by atoms with E-state index in [9.17, 15) is 9.59 Å². The van der Waals surface area contributed by atoms with Crippen LogP contribution >= 0.6 is 27.7 Å². The fourth-order valence-corrected chi connectivity index (χ4v) is 4.79. The molecule has 3 aromatic rings. The number of thioether (sulfide) groups is 1. The Kier molecular flexibility index (Phi) is 5.71. The summed E-state index contributed by atoms with van der Waals surface area (Å²) >= 11 is 4.47. The zero-order valence-electron chi connectivity index (χ0n) is 17.0. The van der Waals surface area contributed by atoms with Crippen molar-refractivity contribution >= 4 is 44.9 Å². The van der Waals surface area contributed by atoms with E-state index in [4.69, 9.17) is 0 Å². The van der Waals surface area contributed by atoms with E-state index in [1.54, 1.807) is 0 Å². The van der Waals surface area contributed by atoms with E-state index >= 15 is 0 Å². The van der Waals surface area contributed by atoms with Gasteiger partial charge in [0.25, 0.3) is 11.1 Å². The highest BCUT2D eigenvalue weighted by Gasteiger charge is 2.35. The molecule has 4 rings (SSSR count). The van der Waals surface area contributed by atoms with Gasteiger partial charge in [-0.05, 0) is 80.1 Å². The van der Waals surface area contributed by atoms with Crippen LogP contribution in [0.15, 0.2) is 64.0 Å². The predicted octanol–water partition coefficient (Wildman–Crippen LogP) is 6.40. The van der Waals surface area contributed by atoms with Crippen LogP contribution in [0.4, 0.5) is 4.79 Å². The zero-order chi connectivity index (χ0) is 21.4. The fourth-order valence-electron chi connectivity index (χ4n) is 3.69. The van der Waals surface area contributed by atoms with Crippen molar-refractivity contribution in [2.24, 2.45) is 0 Å². The molecular formula is C24H21BrN2O2S. The number of aryl methyl sites for hydroxylation is 2. The number of hydrogen-bond donors (Lipinski definition) is 0. The average Bonchev–Trinajstić information content (AvgIpc) is 3.13. The van der Waals surface area contributed by atoms with Crippen LogP contribution in [0.2, 0.25) is 0 Å². The van der Waals surface area contributed by atoms with Gasteiger partial charge in [-0.2, -0.15) is 0 Å². The molecule has 4 nitrogen and oxygen atoms in total. The Morgan fingerprint density at radius 2 is 1.73 bits per heavy atom. The quantitative estimate of drug-likeness (QED) is 0.405. The van der Waals surface area contributed by atoms with Gasteiger partial charge in [-0.1, -0.05) is 45.8 Å². The number of carbonyl (C=O) groups is 2. The first-order valence-corrected chi connectivity index (χ1v) is 11.2. The number of aromatic nitrogens is 1. The van der Waals surface area contributed by atoms with Gasteiger partial charge >= 0.3 is 0 Å². The van der Waals surface area contributed by atoms with Crippen molar-refractivity contribution in [3.8, 4) is 5.69 Å². The van der Waals surface area contributed by atoms with Gasteiger partial charge in [0.2, 0.25) is 0 Å². The lowest BCUT2D eigenvalue weighted by atomic mass is 10.1. The average molecular weight is 481 g/mol. The maximum Gasteiger partial charge on any atom is 0.293 e. The first-order chi connectivity index (χ1) is 14.3. The Bertz CT molecular complexity index is 1180. The summed E-state index contributed by atoms with van der Waals surface area (Å²) in [6, 6.07) is 18.0. The van der Waals surface area contributed by atoms with Crippen molar-refractivity contribution in [2.75, 3.05) is 0 Å². The molecule has 0 bridgehead atoms. The Morgan fingerprint density at radius 3 is 2.43 bits per heavy atom. The van der Waals surface area contributed by atoms with Crippen LogP contribution in [-0.2, 0) is 11.3 Å². The van der Waals surface area contributed by atoms with Crippen molar-refractivity contribution < 1.29 is 9.59 Å². The van der Waals surface area contributed by atoms with Crippen molar-refractivity contribution in [1.82, 2.24) is 9.47 Å². The van der Waals surface area contributed by atoms with E-state index in [-0.39, 0.29) is 11.1 Å². The third-order valence-electron chi connectivity index (χ3n) is 5.14. The van der Waals surface area contributed by atoms with Crippen molar-refractivity contribution in [1.29, 1.82) is 0 Å². The van der Waals surface area contributed by atoms with Crippen LogP contribution in [0, 0.1) is 20.8 Å². The van der Waals surface area contributed by atoms with Gasteiger partial charge in [-0.15, -0.1) is 0 Å². The first kappa shape index (κ1) is 20.7. The van der Waals surface area contributed by atoms with Gasteiger partial charge < -0.3 is 4.57 Å². The Labute approximate surface area is 188 Å². The number of carbonyl (C=O) groups excluding carboxylic acids is 2. The molecule has 1 aromatic heterocycles. The highest BCUT2D eigenvalue weighted by molar-refractivity contribution is 9.10. The van der Waals surface area contributed by atoms with Gasteiger partial charge in [0.1, 0.15) is 0 Å². The van der Waals surface area contributed by atoms with Gasteiger partial charge in [-0.25, -0.2) is 0 Å². The molecule has 0 aliphatic carbocycles. The monoisotopic (exact) mass is 480 g/mol. The predicted molar refractivity (Wildman–Crippen MR) is 126 cm³/mol. The Hall–Kier alpha value is -2.57. The maximum absolute atomic E-state index is 12.9. The zero-order valence-corrected chi connectivity index (χ0v) is 19.4. The topological polar surface area (TPSA) is 42.3 Å². The number of benzene rings is 2. The largest absolute Gasteiger partial charge is 0.318 e. The standard InChI is InChI=1S/C24H21BrN2O2S/c1-15-5-4-6-18(11-15)14-26-23(28)22(30-24(26)29)13-19-12-16(2)27(17(19)3)21-9-7-20(25)8-10-21/h4-13H,14H2,1-3H3/b22-13-. The summed E-state index contributed by atoms with van der Waals surface area (Å²) in [6.45, 7) is 6.35. The minimum Gasteiger partial charge on any atom is -0.318 e. The number of rotatable bonds is 4. The SMILES string of the molecule is Cc1cccc(CN2C(=O)S/C(=C\c3cc(C)n(-c4ccc(Br)cc4)c3C)C2=O)c1. The van der Waals surface area contributed by atoms with Gasteiger partial charge in [-0.3, -0.25) is 14.5 Å². The molecule has 6 heteroatoms. The van der Waals surface area contributed by atoms with Crippen LogP contribution < -0.4 is 0 Å². The number of nitrogens with zero attached hydrogens (tertiary/aromatic N) is 2. The van der Waals surface area contributed by atoms with E-state index in [1.807, 2.05) is 81.4 Å². The molecule has 30 heavy (non-hydrogen) atoms. The normalized spacial score (nSPS) is 15.5. The third kappa shape index (κ3) is 4.02. The molecule has 2 aromatic carbocycles. The van der Waals surface area contributed by atoms with E-state index in [2.05, 4.69) is 20.5 Å². The smallest absolute Gasteiger partial charge is 0.293 e. The minimum absolute atomic E-state index is 0.227. The highest BCUT2D eigenvalue weighted by Crippen LogP contribution is 2.34. The number of amides is 2. The number of hydrogen-bond acceptors (Lipinski definition) is 3. The molecule has 2 heterocycles. The summed E-state index contributed by atoms with van der Waals surface area (Å²) in [7, 11) is 0. The Morgan fingerprint density at radius 1 is 1.00 bits per heavy atom. The molecule has 0 saturated carbocycles. The molecule has 0 unspecified atom stereocenters. The highest BCUT2D eigenvalue weighted by atomic mass is 79.9. The number of halogens is 1. The molecule has 1 aliphatic heterocycles. The Balaban J connectivity index is 1.62. The van der Waals surface area contributed by atoms with Crippen molar-refractivity contribution in [3.63, 3.8) is 0 Å². The van der Waals surface area contributed by atoms with E-state index in [1.165, 1.54) is 4.90 Å². The second-order valence-corrected chi connectivity index (χ2v) is 9.30. The molecule has 0 N–H and O–H groups in total. The van der Waals surface area contributed by atoms with Gasteiger partial charge in [0.05, 0.1) is 11.4 Å². The second-order valence-electron chi connectivity index (χ2n) is 7.40. The second kappa shape index (κ2) is 8.28. The van der Waals surface area contributed by atoms with Crippen molar-refractivity contribution in [2.45, 2.75) is 27.3 Å². The maximum atomic E-state index is 12.9. The summed E-state index contributed by atoms with van der Waals surface area (Å²) in [4.78, 5) is 27.2. The van der Waals surface area contributed by atoms with E-state index < -0.39 is 0 Å². The van der Waals surface area contributed by atoms with E-state index in [0.717, 1.165) is 50.0 Å². The summed E-state index contributed by atoms with van der Waals surface area (Å²) in [5, 5.41) is -0.227. The molecular weight excluding hydrogens is 460 g/mol. The van der Waals surface area contributed by atoms with Crippen molar-refractivity contribution in [3.05, 3.63) is 92.1 Å². The van der Waals surface area contributed by atoms with Crippen LogP contribution in [0.3, 0.4) is 0 Å². The fraction of sp³-hybridized carbons (Fsp3) is 0.167. The number of imide groups is 1.